The average Bonchev–Trinajstić information content (AvgIpc) is 3.36. The van der Waals surface area contributed by atoms with Gasteiger partial charge in [-0.3, -0.25) is 4.90 Å². The van der Waals surface area contributed by atoms with E-state index in [-0.39, 0.29) is 0 Å². The van der Waals surface area contributed by atoms with Crippen molar-refractivity contribution in [1.82, 2.24) is 14.2 Å². The molecule has 0 aromatic carbocycles. The van der Waals surface area contributed by atoms with Crippen molar-refractivity contribution in [3.05, 3.63) is 45.3 Å². The van der Waals surface area contributed by atoms with Gasteiger partial charge in [0, 0.05) is 31.6 Å². The smallest absolute Gasteiger partial charge is 0.252 e. The number of hydrogen-bond acceptors (Lipinski definition) is 7. The van der Waals surface area contributed by atoms with Crippen molar-refractivity contribution in [3.8, 4) is 11.5 Å². The van der Waals surface area contributed by atoms with E-state index >= 15 is 0 Å². The van der Waals surface area contributed by atoms with Crippen LogP contribution in [0.3, 0.4) is 0 Å². The maximum atomic E-state index is 12.6. The van der Waals surface area contributed by atoms with Crippen molar-refractivity contribution >= 4 is 44.3 Å². The van der Waals surface area contributed by atoms with Crippen LogP contribution in [0.1, 0.15) is 5.01 Å². The highest BCUT2D eigenvalue weighted by molar-refractivity contribution is 7.91. The molecule has 10 heteroatoms. The summed E-state index contributed by atoms with van der Waals surface area (Å²) >= 11 is 8.56. The van der Waals surface area contributed by atoms with Gasteiger partial charge in [0.15, 0.2) is 5.76 Å². The van der Waals surface area contributed by atoms with Crippen LogP contribution in [0, 0.1) is 0 Å². The van der Waals surface area contributed by atoms with E-state index in [1.54, 1.807) is 29.7 Å². The third-order valence-corrected chi connectivity index (χ3v) is 8.59. The van der Waals surface area contributed by atoms with E-state index in [0.717, 1.165) is 27.8 Å². The lowest BCUT2D eigenvalue weighted by molar-refractivity contribution is 0.181. The zero-order valence-corrected chi connectivity index (χ0v) is 16.9. The summed E-state index contributed by atoms with van der Waals surface area (Å²) in [5, 5.41) is 2.98. The van der Waals surface area contributed by atoms with Gasteiger partial charge in [-0.2, -0.15) is 4.31 Å². The molecule has 0 N–H and O–H groups in total. The Labute approximate surface area is 164 Å². The second-order valence-corrected chi connectivity index (χ2v) is 10.7. The molecule has 4 rings (SSSR count). The number of aromatic nitrogens is 1. The Kier molecular flexibility index (Phi) is 5.18. The normalized spacial score (nSPS) is 17.0. The van der Waals surface area contributed by atoms with Crippen LogP contribution >= 0.6 is 34.3 Å². The van der Waals surface area contributed by atoms with Crippen LogP contribution in [0.25, 0.3) is 11.5 Å². The molecule has 3 aromatic heterocycles. The molecule has 3 aromatic rings. The molecule has 0 spiro atoms. The minimum absolute atomic E-state index is 0.305. The summed E-state index contributed by atoms with van der Waals surface area (Å²) in [7, 11) is -3.45. The molecule has 6 nitrogen and oxygen atoms in total. The molecule has 0 unspecified atom stereocenters. The van der Waals surface area contributed by atoms with Gasteiger partial charge >= 0.3 is 0 Å². The molecular formula is C16H16ClN3O3S3. The van der Waals surface area contributed by atoms with E-state index < -0.39 is 10.0 Å². The zero-order valence-electron chi connectivity index (χ0n) is 13.7. The SMILES string of the molecule is O=S(=O)(c1ccc(Cl)s1)N1CCN(Cc2nc(-c3ccco3)cs2)CC1. The molecule has 1 saturated heterocycles. The Morgan fingerprint density at radius 1 is 1.19 bits per heavy atom. The van der Waals surface area contributed by atoms with Crippen LogP contribution < -0.4 is 0 Å². The lowest BCUT2D eigenvalue weighted by Crippen LogP contribution is -2.48. The first kappa shape index (κ1) is 18.1. The molecule has 1 aliphatic heterocycles. The average molecular weight is 430 g/mol. The molecule has 0 bridgehead atoms. The van der Waals surface area contributed by atoms with Crippen LogP contribution in [-0.4, -0.2) is 48.8 Å². The summed E-state index contributed by atoms with van der Waals surface area (Å²) in [5.41, 5.74) is 0.839. The first-order valence-electron chi connectivity index (χ1n) is 7.98. The van der Waals surface area contributed by atoms with Gasteiger partial charge in [-0.15, -0.1) is 22.7 Å². The number of thiazole rings is 1. The Balaban J connectivity index is 1.37. The number of furan rings is 1. The van der Waals surface area contributed by atoms with E-state index in [4.69, 9.17) is 16.0 Å². The first-order chi connectivity index (χ1) is 12.5. The molecule has 4 heterocycles. The summed E-state index contributed by atoms with van der Waals surface area (Å²) in [6, 6.07) is 6.92. The molecule has 0 radical (unpaired) electrons. The number of nitrogens with zero attached hydrogens (tertiary/aromatic N) is 3. The third kappa shape index (κ3) is 3.73. The maximum Gasteiger partial charge on any atom is 0.252 e. The topological polar surface area (TPSA) is 66.7 Å². The highest BCUT2D eigenvalue weighted by Gasteiger charge is 2.29. The van der Waals surface area contributed by atoms with E-state index in [9.17, 15) is 8.42 Å². The standard InChI is InChI=1S/C16H16ClN3O3S3/c17-14-3-4-16(25-14)26(21,22)20-7-5-19(6-8-20)10-15-18-12(11-24-15)13-2-1-9-23-13/h1-4,9,11H,5-8,10H2. The predicted octanol–water partition coefficient (Wildman–Crippen LogP) is 3.62. The predicted molar refractivity (Wildman–Crippen MR) is 103 cm³/mol. The van der Waals surface area contributed by atoms with Crippen molar-refractivity contribution in [2.45, 2.75) is 10.8 Å². The molecule has 138 valence electrons. The van der Waals surface area contributed by atoms with Gasteiger partial charge in [0.2, 0.25) is 0 Å². The monoisotopic (exact) mass is 429 g/mol. The third-order valence-electron chi connectivity index (χ3n) is 4.16. The van der Waals surface area contributed by atoms with Crippen LogP contribution in [-0.2, 0) is 16.6 Å². The molecular weight excluding hydrogens is 414 g/mol. The molecule has 1 fully saturated rings. The number of piperazine rings is 1. The molecule has 26 heavy (non-hydrogen) atoms. The van der Waals surface area contributed by atoms with Crippen LogP contribution in [0.5, 0.6) is 0 Å². The van der Waals surface area contributed by atoms with Crippen molar-refractivity contribution in [2.75, 3.05) is 26.2 Å². The van der Waals surface area contributed by atoms with Gasteiger partial charge in [0.1, 0.15) is 14.9 Å². The van der Waals surface area contributed by atoms with Crippen molar-refractivity contribution in [1.29, 1.82) is 0 Å². The van der Waals surface area contributed by atoms with Gasteiger partial charge in [0.05, 0.1) is 17.1 Å². The Morgan fingerprint density at radius 2 is 2.00 bits per heavy atom. The van der Waals surface area contributed by atoms with Crippen LogP contribution in [0.15, 0.2) is 44.5 Å². The number of rotatable bonds is 5. The highest BCUT2D eigenvalue weighted by Crippen LogP contribution is 2.29. The van der Waals surface area contributed by atoms with Gasteiger partial charge in [0.25, 0.3) is 10.0 Å². The van der Waals surface area contributed by atoms with Crippen molar-refractivity contribution in [3.63, 3.8) is 0 Å². The lowest BCUT2D eigenvalue weighted by atomic mass is 10.3. The molecule has 1 aliphatic rings. The lowest BCUT2D eigenvalue weighted by Gasteiger charge is -2.33. The minimum atomic E-state index is -3.45. The number of thiophene rings is 1. The number of halogens is 1. The maximum absolute atomic E-state index is 12.6. The quantitative estimate of drug-likeness (QED) is 0.619. The van der Waals surface area contributed by atoms with Gasteiger partial charge in [-0.1, -0.05) is 11.6 Å². The molecule has 0 amide bonds. The fourth-order valence-corrected chi connectivity index (χ4v) is 6.69. The second-order valence-electron chi connectivity index (χ2n) is 5.84. The largest absolute Gasteiger partial charge is 0.463 e. The Bertz CT molecular complexity index is 973. The second kappa shape index (κ2) is 7.41. The molecule has 0 aliphatic carbocycles. The minimum Gasteiger partial charge on any atom is -0.463 e. The van der Waals surface area contributed by atoms with E-state index in [1.165, 1.54) is 4.31 Å². The van der Waals surface area contributed by atoms with E-state index in [1.807, 2.05) is 17.5 Å². The van der Waals surface area contributed by atoms with E-state index in [2.05, 4.69) is 9.88 Å². The Morgan fingerprint density at radius 3 is 2.65 bits per heavy atom. The highest BCUT2D eigenvalue weighted by atomic mass is 35.5. The number of sulfonamides is 1. The van der Waals surface area contributed by atoms with Gasteiger partial charge in [-0.25, -0.2) is 13.4 Å². The molecule has 0 atom stereocenters. The summed E-state index contributed by atoms with van der Waals surface area (Å²) in [4.78, 5) is 6.82. The fraction of sp³-hybridized carbons (Fsp3) is 0.312. The molecule has 0 saturated carbocycles. The van der Waals surface area contributed by atoms with E-state index in [0.29, 0.717) is 41.3 Å². The summed E-state index contributed by atoms with van der Waals surface area (Å²) in [6.45, 7) is 2.99. The van der Waals surface area contributed by atoms with Crippen molar-refractivity contribution < 1.29 is 12.8 Å². The summed E-state index contributed by atoms with van der Waals surface area (Å²) in [6.07, 6.45) is 1.63. The van der Waals surface area contributed by atoms with Crippen LogP contribution in [0.2, 0.25) is 4.34 Å². The first-order valence-corrected chi connectivity index (χ1v) is 11.5. The fourth-order valence-electron chi connectivity index (χ4n) is 2.80. The van der Waals surface area contributed by atoms with Gasteiger partial charge < -0.3 is 4.42 Å². The zero-order chi connectivity index (χ0) is 18.1. The summed E-state index contributed by atoms with van der Waals surface area (Å²) < 4.78 is 33.0. The van der Waals surface area contributed by atoms with Crippen molar-refractivity contribution in [2.24, 2.45) is 0 Å². The Hall–Kier alpha value is -1.23. The summed E-state index contributed by atoms with van der Waals surface area (Å²) in [5.74, 6) is 0.762. The number of hydrogen-bond donors (Lipinski definition) is 0. The van der Waals surface area contributed by atoms with Gasteiger partial charge in [-0.05, 0) is 24.3 Å². The van der Waals surface area contributed by atoms with Crippen LogP contribution in [0.4, 0.5) is 0 Å².